The number of aliphatic hydroxyl groups excluding tert-OH is 4. The molecule has 0 aliphatic carbocycles. The van der Waals surface area contributed by atoms with Gasteiger partial charge in [0.1, 0.15) is 30.5 Å². The van der Waals surface area contributed by atoms with E-state index in [0.29, 0.717) is 5.92 Å². The van der Waals surface area contributed by atoms with Crippen molar-refractivity contribution < 1.29 is 25.2 Å². The second-order valence-corrected chi connectivity index (χ2v) is 5.57. The molecule has 0 spiro atoms. The molecule has 0 bridgehead atoms. The van der Waals surface area contributed by atoms with Crippen LogP contribution < -0.4 is 0 Å². The van der Waals surface area contributed by atoms with E-state index >= 15 is 0 Å². The maximum atomic E-state index is 10.1. The van der Waals surface area contributed by atoms with E-state index in [2.05, 4.69) is 13.8 Å². The van der Waals surface area contributed by atoms with Crippen LogP contribution in [0.1, 0.15) is 37.0 Å². The first-order valence-electron chi connectivity index (χ1n) is 6.86. The fourth-order valence-corrected chi connectivity index (χ4v) is 2.47. The third-order valence-electron chi connectivity index (χ3n) is 3.80. The average Bonchev–Trinajstić information content (AvgIpc) is 2.45. The van der Waals surface area contributed by atoms with Crippen molar-refractivity contribution in [1.29, 1.82) is 0 Å². The zero-order chi connectivity index (χ0) is 14.9. The van der Waals surface area contributed by atoms with Gasteiger partial charge in [0, 0.05) is 0 Å². The molecule has 0 unspecified atom stereocenters. The molecular weight excluding hydrogens is 260 g/mol. The van der Waals surface area contributed by atoms with Crippen LogP contribution >= 0.6 is 0 Å². The minimum atomic E-state index is -1.34. The maximum Gasteiger partial charge on any atom is 0.113 e. The van der Waals surface area contributed by atoms with Crippen LogP contribution in [0.3, 0.4) is 0 Å². The Bertz CT molecular complexity index is 446. The van der Waals surface area contributed by atoms with Gasteiger partial charge in [0.2, 0.25) is 0 Å². The van der Waals surface area contributed by atoms with Gasteiger partial charge in [-0.05, 0) is 17.0 Å². The highest BCUT2D eigenvalue weighted by Gasteiger charge is 2.43. The van der Waals surface area contributed by atoms with E-state index in [1.165, 1.54) is 0 Å². The molecule has 1 aliphatic heterocycles. The van der Waals surface area contributed by atoms with Crippen molar-refractivity contribution in [2.45, 2.75) is 50.3 Å². The van der Waals surface area contributed by atoms with Gasteiger partial charge < -0.3 is 25.2 Å². The SMILES string of the molecule is CC(C)c1cccc([C@@H]2O[C@H](CO)[C@@H](O)[C@H](O)[C@H]2O)c1. The summed E-state index contributed by atoms with van der Waals surface area (Å²) in [7, 11) is 0. The second-order valence-electron chi connectivity index (χ2n) is 5.57. The van der Waals surface area contributed by atoms with Gasteiger partial charge in [-0.3, -0.25) is 0 Å². The molecule has 20 heavy (non-hydrogen) atoms. The van der Waals surface area contributed by atoms with E-state index in [1.54, 1.807) is 6.07 Å². The molecule has 0 aromatic heterocycles. The number of hydrogen-bond acceptors (Lipinski definition) is 5. The van der Waals surface area contributed by atoms with Gasteiger partial charge in [-0.2, -0.15) is 0 Å². The molecule has 0 radical (unpaired) electrons. The summed E-state index contributed by atoms with van der Waals surface area (Å²) in [5.74, 6) is 0.333. The van der Waals surface area contributed by atoms with E-state index in [1.807, 2.05) is 18.2 Å². The predicted octanol–water partition coefficient (Wildman–Crippen LogP) is 0.325. The number of rotatable bonds is 3. The molecule has 112 valence electrons. The Labute approximate surface area is 118 Å². The first-order chi connectivity index (χ1) is 9.45. The standard InChI is InChI=1S/C15H22O5/c1-8(2)9-4-3-5-10(6-9)15-14(19)13(18)12(17)11(7-16)20-15/h3-6,8,11-19H,7H2,1-2H3/t11-,12-,13+,14-,15+/m1/s1. The fraction of sp³-hybridized carbons (Fsp3) is 0.600. The van der Waals surface area contributed by atoms with Crippen LogP contribution in [-0.2, 0) is 4.74 Å². The van der Waals surface area contributed by atoms with Crippen LogP contribution in [0.4, 0.5) is 0 Å². The van der Waals surface area contributed by atoms with E-state index in [4.69, 9.17) is 4.74 Å². The van der Waals surface area contributed by atoms with E-state index in [0.717, 1.165) is 11.1 Å². The van der Waals surface area contributed by atoms with Crippen molar-refractivity contribution >= 4 is 0 Å². The third kappa shape index (κ3) is 2.87. The van der Waals surface area contributed by atoms with Crippen LogP contribution in [0, 0.1) is 0 Å². The smallest absolute Gasteiger partial charge is 0.113 e. The first kappa shape index (κ1) is 15.4. The quantitative estimate of drug-likeness (QED) is 0.641. The highest BCUT2D eigenvalue weighted by atomic mass is 16.5. The molecule has 4 N–H and O–H groups in total. The van der Waals surface area contributed by atoms with Crippen molar-refractivity contribution in [3.8, 4) is 0 Å². The van der Waals surface area contributed by atoms with E-state index < -0.39 is 37.1 Å². The summed E-state index contributed by atoms with van der Waals surface area (Å²) >= 11 is 0. The van der Waals surface area contributed by atoms with Crippen LogP contribution in [0.25, 0.3) is 0 Å². The summed E-state index contributed by atoms with van der Waals surface area (Å²) in [5, 5.41) is 38.9. The van der Waals surface area contributed by atoms with Crippen molar-refractivity contribution in [2.24, 2.45) is 0 Å². The van der Waals surface area contributed by atoms with Gasteiger partial charge in [-0.15, -0.1) is 0 Å². The highest BCUT2D eigenvalue weighted by molar-refractivity contribution is 5.28. The van der Waals surface area contributed by atoms with Crippen molar-refractivity contribution in [3.05, 3.63) is 35.4 Å². The molecule has 5 nitrogen and oxygen atoms in total. The van der Waals surface area contributed by atoms with E-state index in [9.17, 15) is 20.4 Å². The summed E-state index contributed by atoms with van der Waals surface area (Å²) in [6, 6.07) is 7.57. The molecule has 1 aromatic rings. The second kappa shape index (κ2) is 6.20. The lowest BCUT2D eigenvalue weighted by molar-refractivity contribution is -0.231. The van der Waals surface area contributed by atoms with Gasteiger partial charge in [-0.1, -0.05) is 38.1 Å². The molecule has 1 aromatic carbocycles. The average molecular weight is 282 g/mol. The molecule has 0 saturated carbocycles. The largest absolute Gasteiger partial charge is 0.394 e. The number of ether oxygens (including phenoxy) is 1. The molecule has 1 aliphatic rings. The topological polar surface area (TPSA) is 90.2 Å². The van der Waals surface area contributed by atoms with Crippen LogP contribution in [0.2, 0.25) is 0 Å². The third-order valence-corrected chi connectivity index (χ3v) is 3.80. The summed E-state index contributed by atoms with van der Waals surface area (Å²) in [4.78, 5) is 0. The fourth-order valence-electron chi connectivity index (χ4n) is 2.47. The predicted molar refractivity (Wildman–Crippen MR) is 73.3 cm³/mol. The first-order valence-corrected chi connectivity index (χ1v) is 6.86. The minimum Gasteiger partial charge on any atom is -0.394 e. The molecule has 0 amide bonds. The Hall–Kier alpha value is -0.980. The van der Waals surface area contributed by atoms with Crippen LogP contribution in [0.5, 0.6) is 0 Å². The van der Waals surface area contributed by atoms with Gasteiger partial charge in [-0.25, -0.2) is 0 Å². The van der Waals surface area contributed by atoms with Crippen molar-refractivity contribution in [1.82, 2.24) is 0 Å². The van der Waals surface area contributed by atoms with Crippen molar-refractivity contribution in [3.63, 3.8) is 0 Å². The molecule has 1 heterocycles. The Morgan fingerprint density at radius 2 is 1.80 bits per heavy atom. The zero-order valence-electron chi connectivity index (χ0n) is 11.7. The maximum absolute atomic E-state index is 10.1. The number of benzene rings is 1. The van der Waals surface area contributed by atoms with Crippen LogP contribution in [0.15, 0.2) is 24.3 Å². The summed E-state index contributed by atoms with van der Waals surface area (Å²) < 4.78 is 5.54. The van der Waals surface area contributed by atoms with Gasteiger partial charge in [0.15, 0.2) is 0 Å². The lowest BCUT2D eigenvalue weighted by atomic mass is 9.89. The van der Waals surface area contributed by atoms with Gasteiger partial charge >= 0.3 is 0 Å². The Morgan fingerprint density at radius 1 is 1.10 bits per heavy atom. The Kier molecular flexibility index (Phi) is 4.78. The molecule has 1 saturated heterocycles. The molecule has 5 heteroatoms. The van der Waals surface area contributed by atoms with Gasteiger partial charge in [0.05, 0.1) is 6.61 Å². The minimum absolute atomic E-state index is 0.333. The molecule has 5 atom stereocenters. The van der Waals surface area contributed by atoms with Gasteiger partial charge in [0.25, 0.3) is 0 Å². The number of hydrogen-bond donors (Lipinski definition) is 4. The molecule has 2 rings (SSSR count). The Morgan fingerprint density at radius 3 is 2.40 bits per heavy atom. The monoisotopic (exact) mass is 282 g/mol. The Balaban J connectivity index is 2.28. The lowest BCUT2D eigenvalue weighted by Gasteiger charge is -2.40. The van der Waals surface area contributed by atoms with E-state index in [-0.39, 0.29) is 0 Å². The molecule has 1 fully saturated rings. The summed E-state index contributed by atoms with van der Waals surface area (Å²) in [6.07, 6.45) is -5.52. The van der Waals surface area contributed by atoms with Crippen molar-refractivity contribution in [2.75, 3.05) is 6.61 Å². The molecular formula is C15H22O5. The normalized spacial score (nSPS) is 34.5. The summed E-state index contributed by atoms with van der Waals surface area (Å²) in [5.41, 5.74) is 1.83. The summed E-state index contributed by atoms with van der Waals surface area (Å²) in [6.45, 7) is 3.71. The highest BCUT2D eigenvalue weighted by Crippen LogP contribution is 2.33. The number of aliphatic hydroxyl groups is 4. The zero-order valence-corrected chi connectivity index (χ0v) is 11.7. The van der Waals surface area contributed by atoms with Crippen LogP contribution in [-0.4, -0.2) is 51.4 Å². The lowest BCUT2D eigenvalue weighted by Crippen LogP contribution is -2.55.